The number of unbranched alkanes of at least 4 members (excludes halogenated alkanes) is 4. The van der Waals surface area contributed by atoms with E-state index in [1.54, 1.807) is 25.3 Å². The van der Waals surface area contributed by atoms with Crippen LogP contribution in [0.3, 0.4) is 0 Å². The van der Waals surface area contributed by atoms with Crippen LogP contribution < -0.4 is 10.1 Å². The van der Waals surface area contributed by atoms with Gasteiger partial charge in [0, 0.05) is 13.1 Å². The molecule has 0 aliphatic carbocycles. The summed E-state index contributed by atoms with van der Waals surface area (Å²) in [6.07, 6.45) is 10.1. The number of carbonyl (C=O) groups is 1. The van der Waals surface area contributed by atoms with Crippen molar-refractivity contribution in [3.05, 3.63) is 29.8 Å². The van der Waals surface area contributed by atoms with E-state index in [2.05, 4.69) is 19.2 Å². The first-order valence-electron chi connectivity index (χ1n) is 7.85. The van der Waals surface area contributed by atoms with Crippen LogP contribution >= 0.6 is 0 Å². The average molecular weight is 307 g/mol. The van der Waals surface area contributed by atoms with E-state index >= 15 is 0 Å². The Morgan fingerprint density at radius 3 is 2.36 bits per heavy atom. The minimum Gasteiger partial charge on any atom is -0.504 e. The first-order chi connectivity index (χ1) is 10.6. The number of ether oxygens (including phenoxy) is 1. The molecule has 22 heavy (non-hydrogen) atoms. The van der Waals surface area contributed by atoms with Crippen molar-refractivity contribution in [2.24, 2.45) is 0 Å². The molecule has 0 radical (unpaired) electrons. The summed E-state index contributed by atoms with van der Waals surface area (Å²) in [7, 11) is 3.03. The van der Waals surface area contributed by atoms with Gasteiger partial charge in [-0.2, -0.15) is 0 Å². The Kier molecular flexibility index (Phi) is 11.6. The standard InChI is InChI=1S/C11H13NO3.C7H16/c1-12-11(14)6-4-8-3-5-9(13)10(7-8)15-2;1-3-5-7-6-4-2/h3-7,13H,1-2H3,(H,12,14);3-7H2,1-2H3/b6-4+;. The first kappa shape index (κ1) is 20.0. The lowest BCUT2D eigenvalue weighted by atomic mass is 10.2. The molecule has 0 spiro atoms. The summed E-state index contributed by atoms with van der Waals surface area (Å²) < 4.78 is 4.93. The molecule has 0 atom stereocenters. The number of carbonyl (C=O) groups excluding carboxylic acids is 1. The summed E-state index contributed by atoms with van der Waals surface area (Å²) in [5, 5.41) is 11.8. The van der Waals surface area contributed by atoms with Gasteiger partial charge in [0.1, 0.15) is 0 Å². The lowest BCUT2D eigenvalue weighted by Gasteiger charge is -2.03. The Balaban J connectivity index is 0.000000534. The molecular weight excluding hydrogens is 278 g/mol. The third kappa shape index (κ3) is 9.06. The summed E-state index contributed by atoms with van der Waals surface area (Å²) in [5.74, 6) is 0.283. The van der Waals surface area contributed by atoms with Gasteiger partial charge in [-0.3, -0.25) is 4.79 Å². The fourth-order valence-corrected chi connectivity index (χ4v) is 1.73. The van der Waals surface area contributed by atoms with Crippen LogP contribution in [0.25, 0.3) is 6.08 Å². The van der Waals surface area contributed by atoms with Gasteiger partial charge in [-0.1, -0.05) is 52.0 Å². The van der Waals surface area contributed by atoms with Crippen LogP contribution in [0.4, 0.5) is 0 Å². The molecule has 0 aliphatic rings. The molecule has 4 heteroatoms. The van der Waals surface area contributed by atoms with Crippen LogP contribution in [0.2, 0.25) is 0 Å². The van der Waals surface area contributed by atoms with Crippen LogP contribution in [0.1, 0.15) is 51.5 Å². The molecule has 0 heterocycles. The van der Waals surface area contributed by atoms with E-state index in [1.807, 2.05) is 0 Å². The second-order valence-corrected chi connectivity index (χ2v) is 4.94. The SMILES string of the molecule is CCCCCCC.CNC(=O)/C=C/c1ccc(O)c(OC)c1. The second kappa shape index (κ2) is 12.7. The highest BCUT2D eigenvalue weighted by Crippen LogP contribution is 2.26. The number of hydrogen-bond acceptors (Lipinski definition) is 3. The third-order valence-corrected chi connectivity index (χ3v) is 3.08. The van der Waals surface area contributed by atoms with Crippen molar-refractivity contribution < 1.29 is 14.6 Å². The van der Waals surface area contributed by atoms with E-state index < -0.39 is 0 Å². The number of aromatic hydroxyl groups is 1. The molecule has 0 saturated carbocycles. The number of rotatable bonds is 7. The number of likely N-dealkylation sites (N-methyl/N-ethyl adjacent to an activating group) is 1. The van der Waals surface area contributed by atoms with Crippen LogP contribution in [0.15, 0.2) is 24.3 Å². The van der Waals surface area contributed by atoms with Crippen molar-refractivity contribution in [3.8, 4) is 11.5 Å². The molecule has 0 bridgehead atoms. The summed E-state index contributed by atoms with van der Waals surface area (Å²) >= 11 is 0. The van der Waals surface area contributed by atoms with Crippen molar-refractivity contribution in [1.82, 2.24) is 5.32 Å². The maximum atomic E-state index is 10.9. The molecule has 0 unspecified atom stereocenters. The van der Waals surface area contributed by atoms with Crippen LogP contribution in [0, 0.1) is 0 Å². The zero-order chi connectivity index (χ0) is 16.8. The number of amides is 1. The van der Waals surface area contributed by atoms with Crippen molar-refractivity contribution >= 4 is 12.0 Å². The Morgan fingerprint density at radius 1 is 1.23 bits per heavy atom. The number of phenolic OH excluding ortho intramolecular Hbond substituents is 1. The van der Waals surface area contributed by atoms with Crippen LogP contribution in [-0.2, 0) is 4.79 Å². The molecule has 0 saturated heterocycles. The number of methoxy groups -OCH3 is 1. The highest BCUT2D eigenvalue weighted by Gasteiger charge is 2.00. The molecule has 124 valence electrons. The molecule has 0 aromatic heterocycles. The van der Waals surface area contributed by atoms with Crippen molar-refractivity contribution in [1.29, 1.82) is 0 Å². The van der Waals surface area contributed by atoms with Crippen LogP contribution in [0.5, 0.6) is 11.5 Å². The molecule has 1 aromatic carbocycles. The van der Waals surface area contributed by atoms with Crippen molar-refractivity contribution in [2.45, 2.75) is 46.0 Å². The fourth-order valence-electron chi connectivity index (χ4n) is 1.73. The van der Waals surface area contributed by atoms with E-state index in [4.69, 9.17) is 4.74 Å². The number of nitrogens with one attached hydrogen (secondary N) is 1. The topological polar surface area (TPSA) is 58.6 Å². The zero-order valence-electron chi connectivity index (χ0n) is 14.2. The predicted octanol–water partition coefficient (Wildman–Crippen LogP) is 4.14. The Hall–Kier alpha value is -1.97. The fraction of sp³-hybridized carbons (Fsp3) is 0.500. The molecular formula is C18H29NO3. The summed E-state index contributed by atoms with van der Waals surface area (Å²) in [6, 6.07) is 4.86. The highest BCUT2D eigenvalue weighted by molar-refractivity contribution is 5.91. The monoisotopic (exact) mass is 307 g/mol. The van der Waals surface area contributed by atoms with Gasteiger partial charge in [0.2, 0.25) is 5.91 Å². The number of hydrogen-bond donors (Lipinski definition) is 2. The Bertz CT molecular complexity index is 452. The minimum absolute atomic E-state index is 0.0783. The zero-order valence-corrected chi connectivity index (χ0v) is 14.2. The number of benzene rings is 1. The van der Waals surface area contributed by atoms with Crippen LogP contribution in [-0.4, -0.2) is 25.2 Å². The highest BCUT2D eigenvalue weighted by atomic mass is 16.5. The van der Waals surface area contributed by atoms with E-state index in [0.29, 0.717) is 5.75 Å². The van der Waals surface area contributed by atoms with Gasteiger partial charge < -0.3 is 15.2 Å². The van der Waals surface area contributed by atoms with Gasteiger partial charge >= 0.3 is 0 Å². The van der Waals surface area contributed by atoms with Crippen molar-refractivity contribution in [3.63, 3.8) is 0 Å². The quantitative estimate of drug-likeness (QED) is 0.588. The molecule has 1 aromatic rings. The maximum Gasteiger partial charge on any atom is 0.243 e. The smallest absolute Gasteiger partial charge is 0.243 e. The third-order valence-electron chi connectivity index (χ3n) is 3.08. The lowest BCUT2D eigenvalue weighted by Crippen LogP contribution is -2.13. The molecule has 0 aliphatic heterocycles. The molecule has 4 nitrogen and oxygen atoms in total. The maximum absolute atomic E-state index is 10.9. The van der Waals surface area contributed by atoms with E-state index in [1.165, 1.54) is 51.4 Å². The number of phenols is 1. The van der Waals surface area contributed by atoms with Gasteiger partial charge in [0.05, 0.1) is 7.11 Å². The molecule has 2 N–H and O–H groups in total. The van der Waals surface area contributed by atoms with Gasteiger partial charge in [-0.15, -0.1) is 0 Å². The predicted molar refractivity (Wildman–Crippen MR) is 92.2 cm³/mol. The molecule has 1 rings (SSSR count). The van der Waals surface area contributed by atoms with Gasteiger partial charge in [0.25, 0.3) is 0 Å². The van der Waals surface area contributed by atoms with E-state index in [0.717, 1.165) is 5.56 Å². The molecule has 1 amide bonds. The van der Waals surface area contributed by atoms with Gasteiger partial charge in [0.15, 0.2) is 11.5 Å². The summed E-state index contributed by atoms with van der Waals surface area (Å²) in [5.41, 5.74) is 0.785. The largest absolute Gasteiger partial charge is 0.504 e. The van der Waals surface area contributed by atoms with Crippen molar-refractivity contribution in [2.75, 3.05) is 14.2 Å². The second-order valence-electron chi connectivity index (χ2n) is 4.94. The Labute approximate surface area is 134 Å². The van der Waals surface area contributed by atoms with Gasteiger partial charge in [-0.05, 0) is 23.8 Å². The average Bonchev–Trinajstić information content (AvgIpc) is 2.54. The normalized spacial score (nSPS) is 10.0. The minimum atomic E-state index is -0.179. The summed E-state index contributed by atoms with van der Waals surface area (Å²) in [6.45, 7) is 4.49. The van der Waals surface area contributed by atoms with E-state index in [9.17, 15) is 9.90 Å². The first-order valence-corrected chi connectivity index (χ1v) is 7.85. The van der Waals surface area contributed by atoms with Gasteiger partial charge in [-0.25, -0.2) is 0 Å². The Morgan fingerprint density at radius 2 is 1.86 bits per heavy atom. The molecule has 0 fully saturated rings. The van der Waals surface area contributed by atoms with E-state index in [-0.39, 0.29) is 11.7 Å². The summed E-state index contributed by atoms with van der Waals surface area (Å²) in [4.78, 5) is 10.9. The lowest BCUT2D eigenvalue weighted by molar-refractivity contribution is -0.115.